The first kappa shape index (κ1) is 20.4. The fourth-order valence-corrected chi connectivity index (χ4v) is 2.63. The Morgan fingerprint density at radius 3 is 2.37 bits per heavy atom. The van der Waals surface area contributed by atoms with E-state index in [0.29, 0.717) is 13.1 Å². The van der Waals surface area contributed by atoms with E-state index in [1.165, 1.54) is 15.9 Å². The number of esters is 1. The van der Waals surface area contributed by atoms with Crippen molar-refractivity contribution >= 4 is 35.3 Å². The zero-order valence-electron chi connectivity index (χ0n) is 14.6. The number of benzene rings is 1. The molecular formula is C16H18ClN3O7. The zero-order chi connectivity index (χ0) is 20.0. The third-order valence-corrected chi connectivity index (χ3v) is 4.20. The van der Waals surface area contributed by atoms with Crippen LogP contribution in [0, 0.1) is 10.1 Å². The number of nitro groups is 1. The van der Waals surface area contributed by atoms with Crippen LogP contribution in [0.5, 0.6) is 0 Å². The van der Waals surface area contributed by atoms with Gasteiger partial charge in [-0.1, -0.05) is 11.6 Å². The van der Waals surface area contributed by atoms with Crippen molar-refractivity contribution in [1.82, 2.24) is 9.80 Å². The van der Waals surface area contributed by atoms with Gasteiger partial charge in [-0.2, -0.15) is 0 Å². The lowest BCUT2D eigenvalue weighted by Crippen LogP contribution is -2.51. The number of carbonyl (C=O) groups excluding carboxylic acids is 3. The molecule has 0 atom stereocenters. The Kier molecular flexibility index (Phi) is 6.94. The van der Waals surface area contributed by atoms with E-state index < -0.39 is 29.5 Å². The van der Waals surface area contributed by atoms with E-state index in [-0.39, 0.29) is 36.0 Å². The standard InChI is InChI=1S/C16H18ClN3O7/c1-2-26-16(23)19-7-5-18(6-8-19)14(21)10-27-15(22)12-9-11(20(24)25)3-4-13(12)17/h3-4,9H,2,5-8,10H2,1H3. The number of amides is 2. The van der Waals surface area contributed by atoms with Crippen molar-refractivity contribution in [3.63, 3.8) is 0 Å². The van der Waals surface area contributed by atoms with Crippen LogP contribution in [0.15, 0.2) is 18.2 Å². The highest BCUT2D eigenvalue weighted by atomic mass is 35.5. The topological polar surface area (TPSA) is 119 Å². The number of hydrogen-bond acceptors (Lipinski definition) is 7. The van der Waals surface area contributed by atoms with Crippen molar-refractivity contribution < 1.29 is 28.8 Å². The number of non-ortho nitro benzene ring substituents is 1. The number of hydrogen-bond donors (Lipinski definition) is 0. The number of nitro benzene ring substituents is 1. The quantitative estimate of drug-likeness (QED) is 0.420. The third kappa shape index (κ3) is 5.30. The van der Waals surface area contributed by atoms with Crippen LogP contribution in [0.3, 0.4) is 0 Å². The Balaban J connectivity index is 1.87. The molecule has 1 fully saturated rings. The molecule has 2 rings (SSSR count). The lowest BCUT2D eigenvalue weighted by atomic mass is 10.2. The van der Waals surface area contributed by atoms with Crippen LogP contribution in [0.1, 0.15) is 17.3 Å². The summed E-state index contributed by atoms with van der Waals surface area (Å²) in [6.07, 6.45) is -0.434. The van der Waals surface area contributed by atoms with Crippen LogP contribution in [0.4, 0.5) is 10.5 Å². The van der Waals surface area contributed by atoms with Gasteiger partial charge in [-0.15, -0.1) is 0 Å². The van der Waals surface area contributed by atoms with E-state index in [0.717, 1.165) is 12.1 Å². The lowest BCUT2D eigenvalue weighted by molar-refractivity contribution is -0.384. The van der Waals surface area contributed by atoms with Crippen LogP contribution in [-0.2, 0) is 14.3 Å². The second-order valence-corrected chi connectivity index (χ2v) is 5.97. The molecule has 0 aliphatic carbocycles. The predicted octanol–water partition coefficient (Wildman–Crippen LogP) is 1.71. The minimum atomic E-state index is -0.929. The van der Waals surface area contributed by atoms with Crippen LogP contribution < -0.4 is 0 Å². The van der Waals surface area contributed by atoms with E-state index in [4.69, 9.17) is 21.1 Å². The monoisotopic (exact) mass is 399 g/mol. The second kappa shape index (κ2) is 9.17. The molecule has 0 bridgehead atoms. The van der Waals surface area contributed by atoms with Crippen molar-refractivity contribution in [3.8, 4) is 0 Å². The molecule has 0 spiro atoms. The maximum absolute atomic E-state index is 12.2. The first-order valence-corrected chi connectivity index (χ1v) is 8.51. The van der Waals surface area contributed by atoms with Gasteiger partial charge in [0, 0.05) is 38.3 Å². The fraction of sp³-hybridized carbons (Fsp3) is 0.438. The second-order valence-electron chi connectivity index (χ2n) is 5.56. The summed E-state index contributed by atoms with van der Waals surface area (Å²) >= 11 is 5.86. The number of carbonyl (C=O) groups is 3. The summed E-state index contributed by atoms with van der Waals surface area (Å²) in [5.74, 6) is -1.37. The number of ether oxygens (including phenoxy) is 2. The molecule has 0 aromatic heterocycles. The van der Waals surface area contributed by atoms with E-state index in [9.17, 15) is 24.5 Å². The van der Waals surface area contributed by atoms with Gasteiger partial charge in [-0.3, -0.25) is 14.9 Å². The van der Waals surface area contributed by atoms with E-state index in [2.05, 4.69) is 0 Å². The first-order valence-electron chi connectivity index (χ1n) is 8.14. The number of nitrogens with zero attached hydrogens (tertiary/aromatic N) is 3. The van der Waals surface area contributed by atoms with Crippen LogP contribution >= 0.6 is 11.6 Å². The molecule has 1 heterocycles. The molecule has 1 aromatic carbocycles. The first-order chi connectivity index (χ1) is 12.8. The van der Waals surface area contributed by atoms with Gasteiger partial charge >= 0.3 is 12.1 Å². The Morgan fingerprint density at radius 2 is 1.78 bits per heavy atom. The highest BCUT2D eigenvalue weighted by molar-refractivity contribution is 6.33. The summed E-state index contributed by atoms with van der Waals surface area (Å²) in [5, 5.41) is 10.8. The summed E-state index contributed by atoms with van der Waals surface area (Å²) < 4.78 is 9.83. The molecule has 0 saturated carbocycles. The summed E-state index contributed by atoms with van der Waals surface area (Å²) in [7, 11) is 0. The van der Waals surface area contributed by atoms with Crippen molar-refractivity contribution in [1.29, 1.82) is 0 Å². The van der Waals surface area contributed by atoms with Crippen LogP contribution in [-0.4, -0.2) is 72.1 Å². The number of rotatable bonds is 5. The van der Waals surface area contributed by atoms with Crippen molar-refractivity contribution in [2.45, 2.75) is 6.92 Å². The molecule has 1 aliphatic rings. The lowest BCUT2D eigenvalue weighted by Gasteiger charge is -2.33. The maximum Gasteiger partial charge on any atom is 0.409 e. The molecule has 27 heavy (non-hydrogen) atoms. The molecule has 1 aliphatic heterocycles. The third-order valence-electron chi connectivity index (χ3n) is 3.87. The molecular weight excluding hydrogens is 382 g/mol. The minimum Gasteiger partial charge on any atom is -0.452 e. The van der Waals surface area contributed by atoms with Crippen molar-refractivity contribution in [2.75, 3.05) is 39.4 Å². The van der Waals surface area contributed by atoms with Crippen LogP contribution in [0.25, 0.3) is 0 Å². The summed E-state index contributed by atoms with van der Waals surface area (Å²) in [4.78, 5) is 48.9. The molecule has 0 radical (unpaired) electrons. The molecule has 2 amide bonds. The maximum atomic E-state index is 12.2. The fourth-order valence-electron chi connectivity index (χ4n) is 2.43. The van der Waals surface area contributed by atoms with E-state index in [1.54, 1.807) is 6.92 Å². The molecule has 0 N–H and O–H groups in total. The molecule has 0 unspecified atom stereocenters. The highest BCUT2D eigenvalue weighted by Gasteiger charge is 2.26. The van der Waals surface area contributed by atoms with Gasteiger partial charge in [-0.05, 0) is 13.0 Å². The SMILES string of the molecule is CCOC(=O)N1CCN(C(=O)COC(=O)c2cc([N+](=O)[O-])ccc2Cl)CC1. The Morgan fingerprint density at radius 1 is 1.15 bits per heavy atom. The van der Waals surface area contributed by atoms with Gasteiger partial charge in [0.25, 0.3) is 11.6 Å². The van der Waals surface area contributed by atoms with E-state index >= 15 is 0 Å². The van der Waals surface area contributed by atoms with Gasteiger partial charge in [0.2, 0.25) is 0 Å². The smallest absolute Gasteiger partial charge is 0.409 e. The van der Waals surface area contributed by atoms with Gasteiger partial charge in [0.05, 0.1) is 22.1 Å². The number of halogens is 1. The van der Waals surface area contributed by atoms with Gasteiger partial charge in [0.15, 0.2) is 6.61 Å². The summed E-state index contributed by atoms with van der Waals surface area (Å²) in [5.41, 5.74) is -0.501. The Bertz CT molecular complexity index is 748. The Labute approximate surface area is 159 Å². The molecule has 1 aromatic rings. The van der Waals surface area contributed by atoms with Gasteiger partial charge < -0.3 is 19.3 Å². The highest BCUT2D eigenvalue weighted by Crippen LogP contribution is 2.22. The van der Waals surface area contributed by atoms with Crippen molar-refractivity contribution in [2.24, 2.45) is 0 Å². The van der Waals surface area contributed by atoms with Gasteiger partial charge in [0.1, 0.15) is 0 Å². The normalized spacial score (nSPS) is 13.9. The molecule has 1 saturated heterocycles. The zero-order valence-corrected chi connectivity index (χ0v) is 15.3. The van der Waals surface area contributed by atoms with E-state index in [1.807, 2.05) is 0 Å². The number of piperazine rings is 1. The average molecular weight is 400 g/mol. The van der Waals surface area contributed by atoms with Gasteiger partial charge in [-0.25, -0.2) is 9.59 Å². The average Bonchev–Trinajstić information content (AvgIpc) is 2.66. The molecule has 10 nitrogen and oxygen atoms in total. The molecule has 146 valence electrons. The largest absolute Gasteiger partial charge is 0.452 e. The predicted molar refractivity (Wildman–Crippen MR) is 93.6 cm³/mol. The summed E-state index contributed by atoms with van der Waals surface area (Å²) in [6.45, 7) is 2.65. The van der Waals surface area contributed by atoms with Crippen molar-refractivity contribution in [3.05, 3.63) is 38.9 Å². The molecule has 11 heteroatoms. The minimum absolute atomic E-state index is 0.0129. The summed E-state index contributed by atoms with van der Waals surface area (Å²) in [6, 6.07) is 3.37. The van der Waals surface area contributed by atoms with Crippen LogP contribution in [0.2, 0.25) is 5.02 Å². The Hall–Kier alpha value is -2.88.